The molecule has 0 aliphatic heterocycles. The maximum atomic E-state index is 9.72. The van der Waals surface area contributed by atoms with Crippen molar-refractivity contribution in [2.75, 3.05) is 0 Å². The number of aliphatic imine (C=N–C) groups is 2. The SMILES string of the molecule is Oc1ccccc1C=Nc1cccc(N=Cc2ccccc2O)n1.[Mn]. The molecule has 2 N–H and O–H groups in total. The van der Waals surface area contributed by atoms with E-state index >= 15 is 0 Å². The van der Waals surface area contributed by atoms with Gasteiger partial charge in [-0.25, -0.2) is 15.0 Å². The molecule has 0 aliphatic rings. The molecule has 2 aromatic carbocycles. The Morgan fingerprint density at radius 1 is 0.640 bits per heavy atom. The second-order valence-corrected chi connectivity index (χ2v) is 4.99. The monoisotopic (exact) mass is 372 g/mol. The van der Waals surface area contributed by atoms with Crippen molar-refractivity contribution in [2.45, 2.75) is 0 Å². The van der Waals surface area contributed by atoms with E-state index in [0.717, 1.165) is 0 Å². The van der Waals surface area contributed by atoms with E-state index in [1.54, 1.807) is 67.0 Å². The van der Waals surface area contributed by atoms with Crippen molar-refractivity contribution in [3.05, 3.63) is 77.9 Å². The maximum Gasteiger partial charge on any atom is 0.154 e. The van der Waals surface area contributed by atoms with Gasteiger partial charge >= 0.3 is 0 Å². The molecule has 3 rings (SSSR count). The number of phenols is 2. The van der Waals surface area contributed by atoms with Gasteiger partial charge in [-0.2, -0.15) is 0 Å². The fourth-order valence-corrected chi connectivity index (χ4v) is 2.02. The minimum atomic E-state index is 0. The molecule has 0 saturated heterocycles. The normalized spacial score (nSPS) is 10.9. The maximum absolute atomic E-state index is 9.72. The molecule has 5 nitrogen and oxygen atoms in total. The van der Waals surface area contributed by atoms with Crippen LogP contribution < -0.4 is 0 Å². The van der Waals surface area contributed by atoms with Gasteiger partial charge in [-0.3, -0.25) is 0 Å². The predicted octanol–water partition coefficient (Wildman–Crippen LogP) is 3.99. The number of phenolic OH excluding ortho intramolecular Hbond substituents is 2. The first-order valence-electron chi connectivity index (χ1n) is 7.33. The van der Waals surface area contributed by atoms with E-state index in [4.69, 9.17) is 0 Å². The Bertz CT molecular complexity index is 840. The van der Waals surface area contributed by atoms with Crippen LogP contribution in [0.15, 0.2) is 76.7 Å². The smallest absolute Gasteiger partial charge is 0.154 e. The number of aromatic hydroxyl groups is 2. The largest absolute Gasteiger partial charge is 0.507 e. The zero-order chi connectivity index (χ0) is 16.8. The van der Waals surface area contributed by atoms with E-state index in [1.807, 2.05) is 12.1 Å². The molecule has 125 valence electrons. The molecule has 1 heterocycles. The predicted molar refractivity (Wildman–Crippen MR) is 95.0 cm³/mol. The van der Waals surface area contributed by atoms with E-state index in [0.29, 0.717) is 22.8 Å². The van der Waals surface area contributed by atoms with Crippen LogP contribution in [0.4, 0.5) is 11.6 Å². The number of nitrogens with zero attached hydrogens (tertiary/aromatic N) is 3. The number of pyridine rings is 1. The van der Waals surface area contributed by atoms with Crippen LogP contribution in [-0.2, 0) is 17.1 Å². The van der Waals surface area contributed by atoms with Gasteiger partial charge in [0, 0.05) is 40.6 Å². The van der Waals surface area contributed by atoms with E-state index in [-0.39, 0.29) is 28.6 Å². The molecule has 1 radical (unpaired) electrons. The Morgan fingerprint density at radius 2 is 1.08 bits per heavy atom. The summed E-state index contributed by atoms with van der Waals surface area (Å²) in [6, 6.07) is 19.1. The van der Waals surface area contributed by atoms with E-state index in [9.17, 15) is 10.2 Å². The Kier molecular flexibility index (Phi) is 6.46. The van der Waals surface area contributed by atoms with Crippen molar-refractivity contribution >= 4 is 24.1 Å². The Morgan fingerprint density at radius 3 is 1.52 bits per heavy atom. The zero-order valence-electron chi connectivity index (χ0n) is 13.1. The van der Waals surface area contributed by atoms with E-state index in [1.165, 1.54) is 0 Å². The molecule has 0 atom stereocenters. The summed E-state index contributed by atoms with van der Waals surface area (Å²) in [6.07, 6.45) is 3.10. The second kappa shape index (κ2) is 8.78. The summed E-state index contributed by atoms with van der Waals surface area (Å²) in [5.74, 6) is 1.28. The molecule has 0 amide bonds. The molecule has 0 aliphatic carbocycles. The van der Waals surface area contributed by atoms with Gasteiger partial charge in [0.2, 0.25) is 0 Å². The van der Waals surface area contributed by atoms with Crippen LogP contribution in [0.1, 0.15) is 11.1 Å². The fraction of sp³-hybridized carbons (Fsp3) is 0. The van der Waals surface area contributed by atoms with Gasteiger partial charge in [-0.05, 0) is 36.4 Å². The van der Waals surface area contributed by atoms with E-state index in [2.05, 4.69) is 15.0 Å². The summed E-state index contributed by atoms with van der Waals surface area (Å²) in [5, 5.41) is 19.4. The minimum Gasteiger partial charge on any atom is -0.507 e. The van der Waals surface area contributed by atoms with Crippen molar-refractivity contribution < 1.29 is 27.3 Å². The zero-order valence-corrected chi connectivity index (χ0v) is 14.3. The molecule has 6 heteroatoms. The first-order chi connectivity index (χ1) is 11.7. The number of aromatic nitrogens is 1. The van der Waals surface area contributed by atoms with Crippen LogP contribution in [0.5, 0.6) is 11.5 Å². The third kappa shape index (κ3) is 5.01. The molecule has 0 bridgehead atoms. The molecule has 0 unspecified atom stereocenters. The number of hydrogen-bond acceptors (Lipinski definition) is 5. The van der Waals surface area contributed by atoms with Crippen LogP contribution in [0, 0.1) is 0 Å². The third-order valence-corrected chi connectivity index (χ3v) is 3.27. The first kappa shape index (κ1) is 18.4. The first-order valence-corrected chi connectivity index (χ1v) is 7.33. The Hall–Kier alpha value is -2.95. The molecule has 0 spiro atoms. The topological polar surface area (TPSA) is 78.1 Å². The van der Waals surface area contributed by atoms with Crippen molar-refractivity contribution in [3.8, 4) is 11.5 Å². The fourth-order valence-electron chi connectivity index (χ4n) is 2.02. The standard InChI is InChI=1S/C19H15N3O2.Mn/c23-16-8-3-1-6-14(16)12-20-18-10-5-11-19(22-18)21-13-15-7-2-4-9-17(15)24;/h1-13,23-24H;. The van der Waals surface area contributed by atoms with E-state index < -0.39 is 0 Å². The molecule has 25 heavy (non-hydrogen) atoms. The van der Waals surface area contributed by atoms with Crippen molar-refractivity contribution in [1.82, 2.24) is 4.98 Å². The quantitative estimate of drug-likeness (QED) is 0.537. The van der Waals surface area contributed by atoms with Crippen molar-refractivity contribution in [1.29, 1.82) is 0 Å². The molecule has 0 fully saturated rings. The average molecular weight is 372 g/mol. The average Bonchev–Trinajstić information content (AvgIpc) is 2.61. The summed E-state index contributed by atoms with van der Waals surface area (Å²) < 4.78 is 0. The minimum absolute atomic E-state index is 0. The van der Waals surface area contributed by atoms with Crippen LogP contribution in [0.2, 0.25) is 0 Å². The van der Waals surface area contributed by atoms with Gasteiger partial charge < -0.3 is 10.2 Å². The van der Waals surface area contributed by atoms with Crippen molar-refractivity contribution in [3.63, 3.8) is 0 Å². The van der Waals surface area contributed by atoms with Gasteiger partial charge in [-0.15, -0.1) is 0 Å². The number of rotatable bonds is 4. The molecule has 3 aromatic rings. The van der Waals surface area contributed by atoms with Crippen molar-refractivity contribution in [2.24, 2.45) is 9.98 Å². The van der Waals surface area contributed by atoms with Crippen LogP contribution in [-0.4, -0.2) is 27.6 Å². The Balaban J connectivity index is 0.00000225. The number of benzene rings is 2. The second-order valence-electron chi connectivity index (χ2n) is 4.99. The van der Waals surface area contributed by atoms with Gasteiger partial charge in [0.25, 0.3) is 0 Å². The summed E-state index contributed by atoms with van der Waals surface area (Å²) in [4.78, 5) is 12.8. The summed E-state index contributed by atoms with van der Waals surface area (Å²) in [7, 11) is 0. The summed E-state index contributed by atoms with van der Waals surface area (Å²) in [6.45, 7) is 0. The molecular weight excluding hydrogens is 357 g/mol. The summed E-state index contributed by atoms with van der Waals surface area (Å²) >= 11 is 0. The number of hydrogen-bond donors (Lipinski definition) is 2. The van der Waals surface area contributed by atoms with Crippen LogP contribution in [0.25, 0.3) is 0 Å². The Labute approximate surface area is 155 Å². The summed E-state index contributed by atoms with van der Waals surface area (Å²) in [5.41, 5.74) is 1.23. The molecule has 0 saturated carbocycles. The van der Waals surface area contributed by atoms with Gasteiger partial charge in [0.15, 0.2) is 11.6 Å². The van der Waals surface area contributed by atoms with Gasteiger partial charge in [-0.1, -0.05) is 30.3 Å². The van der Waals surface area contributed by atoms with Gasteiger partial charge in [0.1, 0.15) is 11.5 Å². The number of para-hydroxylation sites is 2. The van der Waals surface area contributed by atoms with Crippen LogP contribution >= 0.6 is 0 Å². The third-order valence-electron chi connectivity index (χ3n) is 3.27. The van der Waals surface area contributed by atoms with Gasteiger partial charge in [0.05, 0.1) is 0 Å². The molecule has 1 aromatic heterocycles. The molecular formula is C19H15MnN3O2. The van der Waals surface area contributed by atoms with Crippen LogP contribution in [0.3, 0.4) is 0 Å².